The molecular weight excluding hydrogens is 390 g/mol. The van der Waals surface area contributed by atoms with E-state index >= 15 is 0 Å². The standard InChI is InChI=1S/C22H19NO7/c24-17-9-16(21(26)15-6-2-1-5-14(15)17)22(27)29-12-20(25)23-10-13-11-28-18-7-3-4-8-19(18)30-13/h1-9,13,24,26H,10-12H2,(H,23,25)/t13-/m1/s1. The van der Waals surface area contributed by atoms with Crippen LogP contribution in [0.4, 0.5) is 0 Å². The maximum Gasteiger partial charge on any atom is 0.342 e. The molecule has 0 aromatic heterocycles. The first-order valence-corrected chi connectivity index (χ1v) is 9.29. The van der Waals surface area contributed by atoms with Crippen LogP contribution < -0.4 is 14.8 Å². The molecule has 0 aliphatic carbocycles. The molecule has 1 amide bonds. The minimum atomic E-state index is -0.921. The van der Waals surface area contributed by atoms with E-state index < -0.39 is 18.5 Å². The summed E-state index contributed by atoms with van der Waals surface area (Å²) in [5.41, 5.74) is -0.223. The quantitative estimate of drug-likeness (QED) is 0.438. The molecule has 3 N–H and O–H groups in total. The molecule has 1 heterocycles. The number of fused-ring (bicyclic) bond motifs is 2. The average molecular weight is 409 g/mol. The molecule has 0 radical (unpaired) electrons. The van der Waals surface area contributed by atoms with Gasteiger partial charge in [-0.2, -0.15) is 0 Å². The third-order valence-corrected chi connectivity index (χ3v) is 4.64. The average Bonchev–Trinajstić information content (AvgIpc) is 2.78. The van der Waals surface area contributed by atoms with Crippen LogP contribution in [0.5, 0.6) is 23.0 Å². The first kappa shape index (κ1) is 19.4. The number of rotatable bonds is 5. The maximum atomic E-state index is 12.3. The predicted molar refractivity (Wildman–Crippen MR) is 107 cm³/mol. The summed E-state index contributed by atoms with van der Waals surface area (Å²) in [7, 11) is 0. The number of amides is 1. The van der Waals surface area contributed by atoms with Gasteiger partial charge in [0.05, 0.1) is 6.54 Å². The van der Waals surface area contributed by atoms with E-state index in [1.165, 1.54) is 0 Å². The SMILES string of the molecule is O=C(COC(=O)c1cc(O)c2ccccc2c1O)NC[C@@H]1COc2ccccc2O1. The van der Waals surface area contributed by atoms with Crippen LogP contribution in [0.2, 0.25) is 0 Å². The van der Waals surface area contributed by atoms with Gasteiger partial charge in [0.1, 0.15) is 29.8 Å². The lowest BCUT2D eigenvalue weighted by molar-refractivity contribution is -0.124. The molecule has 1 aliphatic heterocycles. The minimum absolute atomic E-state index is 0.172. The molecule has 0 spiro atoms. The molecule has 0 saturated carbocycles. The number of phenolic OH excluding ortho intramolecular Hbond substituents is 2. The van der Waals surface area contributed by atoms with Gasteiger partial charge in [-0.3, -0.25) is 4.79 Å². The molecule has 0 unspecified atom stereocenters. The van der Waals surface area contributed by atoms with E-state index in [9.17, 15) is 19.8 Å². The van der Waals surface area contributed by atoms with Crippen molar-refractivity contribution in [2.45, 2.75) is 6.10 Å². The maximum absolute atomic E-state index is 12.3. The molecule has 3 aromatic rings. The first-order chi connectivity index (χ1) is 14.5. The van der Waals surface area contributed by atoms with Gasteiger partial charge in [-0.15, -0.1) is 0 Å². The van der Waals surface area contributed by atoms with Crippen molar-refractivity contribution in [2.75, 3.05) is 19.8 Å². The highest BCUT2D eigenvalue weighted by Crippen LogP contribution is 2.35. The summed E-state index contributed by atoms with van der Waals surface area (Å²) in [5.74, 6) is -0.701. The molecule has 30 heavy (non-hydrogen) atoms. The van der Waals surface area contributed by atoms with Crippen LogP contribution in [-0.2, 0) is 9.53 Å². The molecule has 1 atom stereocenters. The lowest BCUT2D eigenvalue weighted by atomic mass is 10.0. The minimum Gasteiger partial charge on any atom is -0.507 e. The van der Waals surface area contributed by atoms with Crippen molar-refractivity contribution in [3.63, 3.8) is 0 Å². The van der Waals surface area contributed by atoms with Crippen molar-refractivity contribution in [1.82, 2.24) is 5.32 Å². The zero-order valence-corrected chi connectivity index (χ0v) is 15.8. The number of phenols is 2. The third kappa shape index (κ3) is 3.93. The highest BCUT2D eigenvalue weighted by molar-refractivity contribution is 6.04. The van der Waals surface area contributed by atoms with E-state index in [4.69, 9.17) is 14.2 Å². The number of hydrogen-bond acceptors (Lipinski definition) is 7. The summed E-state index contributed by atoms with van der Waals surface area (Å²) in [5, 5.41) is 23.7. The molecule has 0 fully saturated rings. The van der Waals surface area contributed by atoms with E-state index in [2.05, 4.69) is 5.32 Å². The Kier molecular flexibility index (Phi) is 5.30. The fraction of sp³-hybridized carbons (Fsp3) is 0.182. The molecule has 8 heteroatoms. The van der Waals surface area contributed by atoms with Crippen LogP contribution in [0, 0.1) is 0 Å². The van der Waals surface area contributed by atoms with Gasteiger partial charge in [-0.05, 0) is 18.2 Å². The zero-order chi connectivity index (χ0) is 21.1. The molecular formula is C22H19NO7. The smallest absolute Gasteiger partial charge is 0.342 e. The second-order valence-corrected chi connectivity index (χ2v) is 6.72. The summed E-state index contributed by atoms with van der Waals surface area (Å²) in [6.07, 6.45) is -0.374. The monoisotopic (exact) mass is 409 g/mol. The summed E-state index contributed by atoms with van der Waals surface area (Å²) in [6.45, 7) is -0.0932. The number of nitrogens with one attached hydrogen (secondary N) is 1. The first-order valence-electron chi connectivity index (χ1n) is 9.29. The van der Waals surface area contributed by atoms with Gasteiger partial charge in [-0.25, -0.2) is 4.79 Å². The van der Waals surface area contributed by atoms with Crippen LogP contribution in [0.25, 0.3) is 10.8 Å². The number of para-hydroxylation sites is 2. The van der Waals surface area contributed by atoms with E-state index in [1.54, 1.807) is 36.4 Å². The zero-order valence-electron chi connectivity index (χ0n) is 15.8. The summed E-state index contributed by atoms with van der Waals surface area (Å²) in [6, 6.07) is 14.9. The van der Waals surface area contributed by atoms with Crippen molar-refractivity contribution < 1.29 is 34.0 Å². The van der Waals surface area contributed by atoms with Gasteiger partial charge >= 0.3 is 5.97 Å². The number of carbonyl (C=O) groups is 2. The Labute approximate surface area is 171 Å². The van der Waals surface area contributed by atoms with Crippen molar-refractivity contribution in [2.24, 2.45) is 0 Å². The lowest BCUT2D eigenvalue weighted by Gasteiger charge is -2.26. The molecule has 8 nitrogen and oxygen atoms in total. The summed E-state index contributed by atoms with van der Waals surface area (Å²) >= 11 is 0. The van der Waals surface area contributed by atoms with Gasteiger partial charge < -0.3 is 29.7 Å². The van der Waals surface area contributed by atoms with E-state index in [0.717, 1.165) is 6.07 Å². The molecule has 0 bridgehead atoms. The fourth-order valence-electron chi connectivity index (χ4n) is 3.15. The number of esters is 1. The van der Waals surface area contributed by atoms with Crippen LogP contribution >= 0.6 is 0 Å². The van der Waals surface area contributed by atoms with Gasteiger partial charge in [0, 0.05) is 10.8 Å². The fourth-order valence-corrected chi connectivity index (χ4v) is 3.15. The normalized spacial score (nSPS) is 14.9. The van der Waals surface area contributed by atoms with Crippen LogP contribution in [0.15, 0.2) is 54.6 Å². The van der Waals surface area contributed by atoms with E-state index in [0.29, 0.717) is 22.3 Å². The molecule has 0 saturated heterocycles. The topological polar surface area (TPSA) is 114 Å². The molecule has 154 valence electrons. The number of benzene rings is 3. The number of aromatic hydroxyl groups is 2. The van der Waals surface area contributed by atoms with E-state index in [1.807, 2.05) is 12.1 Å². The van der Waals surface area contributed by atoms with Gasteiger partial charge in [0.2, 0.25) is 0 Å². The van der Waals surface area contributed by atoms with Crippen LogP contribution in [0.1, 0.15) is 10.4 Å². The Morgan fingerprint density at radius 2 is 1.73 bits per heavy atom. The summed E-state index contributed by atoms with van der Waals surface area (Å²) < 4.78 is 16.3. The van der Waals surface area contributed by atoms with Crippen LogP contribution in [0.3, 0.4) is 0 Å². The predicted octanol–water partition coefficient (Wildman–Crippen LogP) is 2.36. The molecule has 3 aromatic carbocycles. The molecule has 1 aliphatic rings. The molecule has 4 rings (SSSR count). The van der Waals surface area contributed by atoms with E-state index in [-0.39, 0.29) is 36.3 Å². The van der Waals surface area contributed by atoms with Gasteiger partial charge in [-0.1, -0.05) is 36.4 Å². The van der Waals surface area contributed by atoms with Gasteiger partial charge in [0.25, 0.3) is 5.91 Å². The van der Waals surface area contributed by atoms with Crippen molar-refractivity contribution in [1.29, 1.82) is 0 Å². The Morgan fingerprint density at radius 3 is 2.53 bits per heavy atom. The second kappa shape index (κ2) is 8.20. The third-order valence-electron chi connectivity index (χ3n) is 4.64. The Morgan fingerprint density at radius 1 is 1.03 bits per heavy atom. The number of ether oxygens (including phenoxy) is 3. The van der Waals surface area contributed by atoms with Crippen LogP contribution in [-0.4, -0.2) is 48.0 Å². The largest absolute Gasteiger partial charge is 0.507 e. The Hall–Kier alpha value is -3.94. The van der Waals surface area contributed by atoms with Gasteiger partial charge in [0.15, 0.2) is 18.1 Å². The highest BCUT2D eigenvalue weighted by atomic mass is 16.6. The van der Waals surface area contributed by atoms with Crippen molar-refractivity contribution in [3.8, 4) is 23.0 Å². The Bertz CT molecular complexity index is 1110. The number of hydrogen-bond donors (Lipinski definition) is 3. The van der Waals surface area contributed by atoms with Crippen molar-refractivity contribution in [3.05, 3.63) is 60.2 Å². The lowest BCUT2D eigenvalue weighted by Crippen LogP contribution is -2.42. The van der Waals surface area contributed by atoms with Crippen molar-refractivity contribution >= 4 is 22.6 Å². The second-order valence-electron chi connectivity index (χ2n) is 6.72. The number of carbonyl (C=O) groups excluding carboxylic acids is 2. The summed E-state index contributed by atoms with van der Waals surface area (Å²) in [4.78, 5) is 24.3. The highest BCUT2D eigenvalue weighted by Gasteiger charge is 2.22. The Balaban J connectivity index is 1.32.